The highest BCUT2D eigenvalue weighted by Crippen LogP contribution is 2.24. The molecule has 0 bridgehead atoms. The predicted molar refractivity (Wildman–Crippen MR) is 89.7 cm³/mol. The van der Waals surface area contributed by atoms with E-state index in [0.29, 0.717) is 12.0 Å². The number of nitrogens with one attached hydrogen (secondary N) is 1. The molecule has 3 N–H and O–H groups in total. The van der Waals surface area contributed by atoms with Crippen molar-refractivity contribution >= 4 is 32.3 Å². The Kier molecular flexibility index (Phi) is 7.50. The van der Waals surface area contributed by atoms with Crippen LogP contribution >= 0.6 is 12.4 Å². The molecule has 0 aromatic heterocycles. The van der Waals surface area contributed by atoms with Crippen molar-refractivity contribution < 1.29 is 16.8 Å². The molecular formula is C13H23ClN2O4S2. The second-order valence-corrected chi connectivity index (χ2v) is 9.04. The van der Waals surface area contributed by atoms with E-state index in [2.05, 4.69) is 4.72 Å². The van der Waals surface area contributed by atoms with Gasteiger partial charge in [0.2, 0.25) is 10.0 Å². The summed E-state index contributed by atoms with van der Waals surface area (Å²) in [6.07, 6.45) is 1.57. The number of hydrogen-bond donors (Lipinski definition) is 2. The Bertz CT molecular complexity index is 729. The molecule has 1 atom stereocenters. The summed E-state index contributed by atoms with van der Waals surface area (Å²) in [5.41, 5.74) is 6.39. The van der Waals surface area contributed by atoms with Crippen molar-refractivity contribution in [2.45, 2.75) is 43.0 Å². The number of benzene rings is 1. The monoisotopic (exact) mass is 370 g/mol. The summed E-state index contributed by atoms with van der Waals surface area (Å²) < 4.78 is 50.6. The minimum Gasteiger partial charge on any atom is -0.328 e. The van der Waals surface area contributed by atoms with Gasteiger partial charge in [0.1, 0.15) is 0 Å². The fraction of sp³-hybridized carbons (Fsp3) is 0.538. The molecule has 0 aliphatic rings. The second-order valence-electron chi connectivity index (χ2n) is 5.32. The molecule has 0 saturated heterocycles. The van der Waals surface area contributed by atoms with Crippen molar-refractivity contribution in [1.82, 2.24) is 4.72 Å². The molecular weight excluding hydrogens is 348 g/mol. The van der Waals surface area contributed by atoms with Crippen LogP contribution < -0.4 is 10.5 Å². The Labute approximate surface area is 138 Å². The van der Waals surface area contributed by atoms with Gasteiger partial charge in [-0.25, -0.2) is 21.6 Å². The maximum absolute atomic E-state index is 12.3. The number of hydrogen-bond acceptors (Lipinski definition) is 5. The van der Waals surface area contributed by atoms with E-state index in [1.165, 1.54) is 19.1 Å². The van der Waals surface area contributed by atoms with Crippen LogP contribution in [0.3, 0.4) is 0 Å². The Morgan fingerprint density at radius 2 is 1.64 bits per heavy atom. The van der Waals surface area contributed by atoms with Crippen LogP contribution in [-0.2, 0) is 19.9 Å². The van der Waals surface area contributed by atoms with Crippen LogP contribution in [0.2, 0.25) is 0 Å². The quantitative estimate of drug-likeness (QED) is 0.781. The van der Waals surface area contributed by atoms with E-state index in [1.807, 2.05) is 0 Å². The van der Waals surface area contributed by atoms with E-state index < -0.39 is 19.9 Å². The van der Waals surface area contributed by atoms with Gasteiger partial charge in [-0.2, -0.15) is 0 Å². The number of sulfonamides is 1. The second kappa shape index (κ2) is 7.74. The van der Waals surface area contributed by atoms with Crippen LogP contribution in [0.15, 0.2) is 21.9 Å². The van der Waals surface area contributed by atoms with Gasteiger partial charge in [-0.15, -0.1) is 12.4 Å². The van der Waals surface area contributed by atoms with Crippen molar-refractivity contribution in [3.05, 3.63) is 23.3 Å². The molecule has 6 nitrogen and oxygen atoms in total. The third-order valence-electron chi connectivity index (χ3n) is 3.04. The maximum Gasteiger partial charge on any atom is 0.240 e. The zero-order valence-electron chi connectivity index (χ0n) is 13.1. The standard InChI is InChI=1S/C13H22N2O4S2.ClH/c1-9-7-12(20(4,16)17)11(3)13(8-9)21(18,19)15-6-5-10(2)14;/h7-8,10,15H,5-6,14H2,1-4H3;1H. The molecule has 128 valence electrons. The van der Waals surface area contributed by atoms with E-state index >= 15 is 0 Å². The number of rotatable bonds is 6. The lowest BCUT2D eigenvalue weighted by molar-refractivity contribution is 0.570. The van der Waals surface area contributed by atoms with Crippen molar-refractivity contribution in [2.75, 3.05) is 12.8 Å². The molecule has 0 aliphatic carbocycles. The predicted octanol–water partition coefficient (Wildman–Crippen LogP) is 1.14. The lowest BCUT2D eigenvalue weighted by atomic mass is 10.2. The molecule has 0 saturated carbocycles. The fourth-order valence-electron chi connectivity index (χ4n) is 1.96. The van der Waals surface area contributed by atoms with E-state index in [1.54, 1.807) is 13.8 Å². The summed E-state index contributed by atoms with van der Waals surface area (Å²) in [4.78, 5) is 0.0302. The van der Waals surface area contributed by atoms with Crippen molar-refractivity contribution in [3.8, 4) is 0 Å². The van der Waals surface area contributed by atoms with Gasteiger partial charge < -0.3 is 5.73 Å². The van der Waals surface area contributed by atoms with E-state index in [4.69, 9.17) is 5.73 Å². The minimum absolute atomic E-state index is 0. The molecule has 1 aromatic carbocycles. The molecule has 1 aromatic rings. The summed E-state index contributed by atoms with van der Waals surface area (Å²) in [7, 11) is -7.25. The molecule has 9 heteroatoms. The third-order valence-corrected chi connectivity index (χ3v) is 5.85. The van der Waals surface area contributed by atoms with Crippen LogP contribution in [0, 0.1) is 13.8 Å². The van der Waals surface area contributed by atoms with Crippen LogP contribution in [-0.4, -0.2) is 35.7 Å². The molecule has 0 spiro atoms. The maximum atomic E-state index is 12.3. The largest absolute Gasteiger partial charge is 0.328 e. The summed E-state index contributed by atoms with van der Waals surface area (Å²) >= 11 is 0. The van der Waals surface area contributed by atoms with Gasteiger partial charge in [0.15, 0.2) is 9.84 Å². The molecule has 1 unspecified atom stereocenters. The Morgan fingerprint density at radius 3 is 2.09 bits per heavy atom. The molecule has 0 fully saturated rings. The Hall–Kier alpha value is -0.670. The van der Waals surface area contributed by atoms with Gasteiger partial charge in [0.25, 0.3) is 0 Å². The fourth-order valence-corrected chi connectivity index (χ4v) is 4.48. The first-order chi connectivity index (χ1) is 9.45. The lowest BCUT2D eigenvalue weighted by Crippen LogP contribution is -2.29. The Balaban J connectivity index is 0.00000441. The van der Waals surface area contributed by atoms with Crippen molar-refractivity contribution in [1.29, 1.82) is 0 Å². The highest BCUT2D eigenvalue weighted by molar-refractivity contribution is 7.91. The highest BCUT2D eigenvalue weighted by Gasteiger charge is 2.22. The van der Waals surface area contributed by atoms with Gasteiger partial charge >= 0.3 is 0 Å². The summed E-state index contributed by atoms with van der Waals surface area (Å²) in [5, 5.41) is 0. The summed E-state index contributed by atoms with van der Waals surface area (Å²) in [6, 6.07) is 2.84. The normalized spacial score (nSPS) is 13.5. The first kappa shape index (κ1) is 21.3. The number of halogens is 1. The van der Waals surface area contributed by atoms with E-state index in [9.17, 15) is 16.8 Å². The van der Waals surface area contributed by atoms with E-state index in [-0.39, 0.29) is 40.3 Å². The van der Waals surface area contributed by atoms with Crippen LogP contribution in [0.25, 0.3) is 0 Å². The molecule has 0 heterocycles. The first-order valence-corrected chi connectivity index (χ1v) is 9.89. The Morgan fingerprint density at radius 1 is 1.14 bits per heavy atom. The van der Waals surface area contributed by atoms with Crippen molar-refractivity contribution in [2.24, 2.45) is 5.73 Å². The molecule has 0 amide bonds. The highest BCUT2D eigenvalue weighted by atomic mass is 35.5. The number of sulfone groups is 1. The minimum atomic E-state index is -3.76. The van der Waals surface area contributed by atoms with Gasteiger partial charge in [0.05, 0.1) is 9.79 Å². The SMILES string of the molecule is Cc1cc(S(C)(=O)=O)c(C)c(S(=O)(=O)NCCC(C)N)c1.Cl. The average molecular weight is 371 g/mol. The average Bonchev–Trinajstić information content (AvgIpc) is 2.29. The van der Waals surface area contributed by atoms with Crippen LogP contribution in [0.4, 0.5) is 0 Å². The zero-order chi connectivity index (χ0) is 16.4. The summed E-state index contributed by atoms with van der Waals surface area (Å²) in [5.74, 6) is 0. The lowest BCUT2D eigenvalue weighted by Gasteiger charge is -2.14. The molecule has 22 heavy (non-hydrogen) atoms. The van der Waals surface area contributed by atoms with Gasteiger partial charge in [-0.3, -0.25) is 0 Å². The number of nitrogens with two attached hydrogens (primary N) is 1. The third kappa shape index (κ3) is 5.51. The van der Waals surface area contributed by atoms with Gasteiger partial charge in [-0.1, -0.05) is 0 Å². The number of aryl methyl sites for hydroxylation is 1. The van der Waals surface area contributed by atoms with E-state index in [0.717, 1.165) is 6.26 Å². The smallest absolute Gasteiger partial charge is 0.240 e. The first-order valence-electron chi connectivity index (χ1n) is 6.51. The topological polar surface area (TPSA) is 106 Å². The molecule has 0 radical (unpaired) electrons. The van der Waals surface area contributed by atoms with Gasteiger partial charge in [-0.05, 0) is 50.5 Å². The van der Waals surface area contributed by atoms with Crippen molar-refractivity contribution in [3.63, 3.8) is 0 Å². The molecule has 1 rings (SSSR count). The zero-order valence-corrected chi connectivity index (χ0v) is 15.5. The van der Waals surface area contributed by atoms with Crippen LogP contribution in [0.5, 0.6) is 0 Å². The van der Waals surface area contributed by atoms with Crippen LogP contribution in [0.1, 0.15) is 24.5 Å². The summed E-state index contributed by atoms with van der Waals surface area (Å²) in [6.45, 7) is 5.15. The molecule has 0 aliphatic heterocycles. The van der Waals surface area contributed by atoms with Gasteiger partial charge in [0, 0.05) is 18.8 Å².